The largest absolute Gasteiger partial charge is 0.500 e. The van der Waals surface area contributed by atoms with Crippen LogP contribution in [0.2, 0.25) is 0 Å². The van der Waals surface area contributed by atoms with Gasteiger partial charge in [0.2, 0.25) is 5.43 Å². The van der Waals surface area contributed by atoms with E-state index in [4.69, 9.17) is 14.9 Å². The first-order chi connectivity index (χ1) is 14.8. The fraction of sp³-hybridized carbons (Fsp3) is 0.333. The summed E-state index contributed by atoms with van der Waals surface area (Å²) < 4.78 is 13.7. The predicted molar refractivity (Wildman–Crippen MR) is 134 cm³/mol. The van der Waals surface area contributed by atoms with Gasteiger partial charge in [-0.15, -0.1) is 11.3 Å². The molecule has 0 saturated heterocycles. The summed E-state index contributed by atoms with van der Waals surface area (Å²) >= 11 is 3.55. The highest BCUT2D eigenvalue weighted by Crippen LogP contribution is 2.48. The van der Waals surface area contributed by atoms with Crippen molar-refractivity contribution in [3.63, 3.8) is 0 Å². The monoisotopic (exact) mass is 549 g/mol. The van der Waals surface area contributed by atoms with Crippen LogP contribution in [0.1, 0.15) is 56.2 Å². The highest BCUT2D eigenvalue weighted by atomic mass is 127. The van der Waals surface area contributed by atoms with Crippen molar-refractivity contribution in [3.8, 4) is 11.3 Å². The van der Waals surface area contributed by atoms with Gasteiger partial charge in [-0.1, -0.05) is 26.8 Å². The molecule has 2 aromatic heterocycles. The number of nitrogen functional groups attached to an aromatic ring is 1. The summed E-state index contributed by atoms with van der Waals surface area (Å²) in [6.45, 7) is 5.99. The van der Waals surface area contributed by atoms with Crippen LogP contribution in [-0.4, -0.2) is 12.9 Å². The minimum absolute atomic E-state index is 0.151. The summed E-state index contributed by atoms with van der Waals surface area (Å²) in [4.78, 5) is 26.9. The van der Waals surface area contributed by atoms with Crippen LogP contribution in [0.4, 0.5) is 5.69 Å². The van der Waals surface area contributed by atoms with Crippen LogP contribution in [0.25, 0.3) is 21.4 Å². The molecule has 0 bridgehead atoms. The zero-order valence-corrected chi connectivity index (χ0v) is 20.9. The lowest BCUT2D eigenvalue weighted by Gasteiger charge is -2.38. The van der Waals surface area contributed by atoms with Gasteiger partial charge in [0.05, 0.1) is 12.5 Å². The van der Waals surface area contributed by atoms with Crippen molar-refractivity contribution in [2.24, 2.45) is 0 Å². The first-order valence-electron chi connectivity index (χ1n) is 10.3. The first-order valence-corrected chi connectivity index (χ1v) is 12.3. The average Bonchev–Trinajstić information content (AvgIpc) is 3.18. The van der Waals surface area contributed by atoms with Gasteiger partial charge in [-0.3, -0.25) is 9.59 Å². The Labute approximate surface area is 198 Å². The number of carbonyl (C=O) groups is 1. The average molecular weight is 549 g/mol. The van der Waals surface area contributed by atoms with Gasteiger partial charge in [-0.2, -0.15) is 0 Å². The molecule has 0 atom stereocenters. The molecule has 4 rings (SSSR count). The number of nitrogens with two attached hydrogens (primary N) is 1. The molecule has 0 unspecified atom stereocenters. The highest BCUT2D eigenvalue weighted by Gasteiger charge is 2.48. The number of ether oxygens (including phenoxy) is 1. The van der Waals surface area contributed by atoms with E-state index in [1.807, 2.05) is 66.9 Å². The molecule has 0 radical (unpaired) electrons. The second kappa shape index (κ2) is 8.09. The molecule has 0 spiro atoms. The van der Waals surface area contributed by atoms with Crippen LogP contribution < -0.4 is 11.2 Å². The van der Waals surface area contributed by atoms with E-state index in [9.17, 15) is 9.59 Å². The SMILES string of the molecule is CCC1=C(OC)C(CC)(CC)c2oc(-c3csc4cc(N)ccc34)c(I)c(=O)c2C1=O. The molecule has 7 heteroatoms. The van der Waals surface area contributed by atoms with Crippen molar-refractivity contribution in [1.82, 2.24) is 0 Å². The smallest absolute Gasteiger partial charge is 0.210 e. The van der Waals surface area contributed by atoms with Crippen LogP contribution in [-0.2, 0) is 10.2 Å². The number of anilines is 1. The number of benzene rings is 1. The van der Waals surface area contributed by atoms with Crippen molar-refractivity contribution in [2.45, 2.75) is 45.4 Å². The summed E-state index contributed by atoms with van der Waals surface area (Å²) in [5.41, 5.74) is 7.24. The van der Waals surface area contributed by atoms with E-state index in [2.05, 4.69) is 0 Å². The van der Waals surface area contributed by atoms with Crippen molar-refractivity contribution in [1.29, 1.82) is 0 Å². The lowest BCUT2D eigenvalue weighted by molar-refractivity contribution is 0.0975. The van der Waals surface area contributed by atoms with Crippen molar-refractivity contribution < 1.29 is 13.9 Å². The Bertz CT molecular complexity index is 1300. The number of carbonyl (C=O) groups excluding carboxylic acids is 1. The van der Waals surface area contributed by atoms with E-state index >= 15 is 0 Å². The maximum absolute atomic E-state index is 13.5. The Morgan fingerprint density at radius 3 is 2.52 bits per heavy atom. The van der Waals surface area contributed by atoms with E-state index in [0.29, 0.717) is 51.4 Å². The molecule has 162 valence electrons. The van der Waals surface area contributed by atoms with Gasteiger partial charge in [0.15, 0.2) is 11.5 Å². The second-order valence-electron chi connectivity index (χ2n) is 7.67. The van der Waals surface area contributed by atoms with E-state index in [0.717, 1.165) is 15.6 Å². The maximum atomic E-state index is 13.5. The Kier molecular flexibility index (Phi) is 5.76. The van der Waals surface area contributed by atoms with Gasteiger partial charge in [-0.25, -0.2) is 0 Å². The van der Waals surface area contributed by atoms with Gasteiger partial charge < -0.3 is 14.9 Å². The molecule has 3 aromatic rings. The van der Waals surface area contributed by atoms with Crippen molar-refractivity contribution in [3.05, 3.63) is 60.0 Å². The minimum Gasteiger partial charge on any atom is -0.500 e. The summed E-state index contributed by atoms with van der Waals surface area (Å²) in [6, 6.07) is 5.70. The molecule has 1 aliphatic rings. The zero-order chi connectivity index (χ0) is 22.5. The summed E-state index contributed by atoms with van der Waals surface area (Å²) in [6.07, 6.45) is 1.80. The van der Waals surface area contributed by atoms with Crippen molar-refractivity contribution >= 4 is 55.5 Å². The molecule has 0 aliphatic heterocycles. The molecule has 1 aromatic carbocycles. The lowest BCUT2D eigenvalue weighted by Crippen LogP contribution is -2.40. The summed E-state index contributed by atoms with van der Waals surface area (Å²) in [7, 11) is 1.59. The molecule has 0 amide bonds. The first kappa shape index (κ1) is 22.1. The quantitative estimate of drug-likeness (QED) is 0.300. The van der Waals surface area contributed by atoms with Crippen molar-refractivity contribution in [2.75, 3.05) is 12.8 Å². The van der Waals surface area contributed by atoms with E-state index in [1.54, 1.807) is 18.4 Å². The molecule has 2 heterocycles. The van der Waals surface area contributed by atoms with Crippen LogP contribution in [0.3, 0.4) is 0 Å². The molecule has 0 fully saturated rings. The molecule has 0 saturated carbocycles. The molecule has 2 N–H and O–H groups in total. The number of hydrogen-bond donors (Lipinski definition) is 1. The topological polar surface area (TPSA) is 82.5 Å². The van der Waals surface area contributed by atoms with Crippen LogP contribution in [0.15, 0.2) is 44.1 Å². The summed E-state index contributed by atoms with van der Waals surface area (Å²) in [5, 5.41) is 2.95. The van der Waals surface area contributed by atoms with Gasteiger partial charge in [0.25, 0.3) is 0 Å². The molecule has 5 nitrogen and oxygen atoms in total. The fourth-order valence-corrected chi connectivity index (χ4v) is 6.29. The minimum atomic E-state index is -0.655. The maximum Gasteiger partial charge on any atom is 0.210 e. The zero-order valence-electron chi connectivity index (χ0n) is 17.9. The van der Waals surface area contributed by atoms with Gasteiger partial charge in [0.1, 0.15) is 20.7 Å². The number of ketones is 1. The van der Waals surface area contributed by atoms with Crippen LogP contribution >= 0.6 is 33.9 Å². The molecular weight excluding hydrogens is 525 g/mol. The number of Topliss-reactive ketones (excluding diaryl/α,β-unsaturated/α-hetero) is 1. The number of hydrogen-bond acceptors (Lipinski definition) is 6. The lowest BCUT2D eigenvalue weighted by atomic mass is 9.69. The number of methoxy groups -OCH3 is 1. The third-order valence-electron chi connectivity index (χ3n) is 6.31. The Morgan fingerprint density at radius 2 is 1.90 bits per heavy atom. The third-order valence-corrected chi connectivity index (χ3v) is 8.24. The normalized spacial score (nSPS) is 15.5. The Morgan fingerprint density at radius 1 is 1.19 bits per heavy atom. The van der Waals surface area contributed by atoms with Crippen LogP contribution in [0, 0.1) is 3.57 Å². The molecule has 1 aliphatic carbocycles. The number of fused-ring (bicyclic) bond motifs is 2. The third kappa shape index (κ3) is 3.08. The number of thiophene rings is 1. The second-order valence-corrected chi connectivity index (χ2v) is 9.66. The molecule has 31 heavy (non-hydrogen) atoms. The van der Waals surface area contributed by atoms with E-state index in [-0.39, 0.29) is 16.8 Å². The van der Waals surface area contributed by atoms with E-state index in [1.165, 1.54) is 0 Å². The van der Waals surface area contributed by atoms with Gasteiger partial charge in [-0.05, 0) is 54.0 Å². The van der Waals surface area contributed by atoms with Gasteiger partial charge >= 0.3 is 0 Å². The number of halogens is 1. The Balaban J connectivity index is 2.09. The molecular formula is C24H24INO4S. The Hall–Kier alpha value is -2.13. The van der Waals surface area contributed by atoms with Crippen LogP contribution in [0.5, 0.6) is 0 Å². The van der Waals surface area contributed by atoms with E-state index < -0.39 is 5.41 Å². The number of rotatable bonds is 5. The predicted octanol–water partition coefficient (Wildman–Crippen LogP) is 6.27. The number of allylic oxidation sites excluding steroid dienone is 2. The summed E-state index contributed by atoms with van der Waals surface area (Å²) in [5.74, 6) is 1.26. The highest BCUT2D eigenvalue weighted by molar-refractivity contribution is 14.1. The standard InChI is InChI=1S/C24H24INO4S/c1-5-13-19(27)17-20(28)18(25)21(15-11-31-16-10-12(26)8-9-14(15)16)30-23(17)24(6-2,7-3)22(13)29-4/h8-11H,5-7,26H2,1-4H3. The fourth-order valence-electron chi connectivity index (χ4n) is 4.63. The van der Waals surface area contributed by atoms with Gasteiger partial charge in [0, 0.05) is 32.3 Å².